The Balaban J connectivity index is 0.958. The molecule has 1 aromatic heterocycles. The maximum Gasteiger partial charge on any atom is 0.407 e. The van der Waals surface area contributed by atoms with Crippen molar-refractivity contribution in [2.45, 2.75) is 117 Å². The Morgan fingerprint density at radius 3 is 2.51 bits per heavy atom. The molecule has 2 aromatic rings. The first-order chi connectivity index (χ1) is 23.3. The van der Waals surface area contributed by atoms with Crippen LogP contribution in [0.1, 0.15) is 105 Å². The largest absolute Gasteiger partial charge is 0.492 e. The predicted octanol–water partition coefficient (Wildman–Crippen LogP) is 8.66. The van der Waals surface area contributed by atoms with Gasteiger partial charge in [-0.2, -0.15) is 0 Å². The van der Waals surface area contributed by atoms with Gasteiger partial charge in [-0.3, -0.25) is 0 Å². The van der Waals surface area contributed by atoms with Gasteiger partial charge in [0.25, 0.3) is 0 Å². The van der Waals surface area contributed by atoms with E-state index in [1.807, 2.05) is 0 Å². The summed E-state index contributed by atoms with van der Waals surface area (Å²) in [6.45, 7) is 13.0. The van der Waals surface area contributed by atoms with E-state index in [1.54, 1.807) is 24.3 Å². The number of benzene rings is 1. The average Bonchev–Trinajstić information content (AvgIpc) is 3.69. The maximum absolute atomic E-state index is 12.7. The van der Waals surface area contributed by atoms with Crippen LogP contribution < -0.4 is 10.1 Å². The number of ether oxygens (including phenoxy) is 2. The van der Waals surface area contributed by atoms with E-state index in [0.717, 1.165) is 61.0 Å². The van der Waals surface area contributed by atoms with Crippen LogP contribution >= 0.6 is 0 Å². The highest BCUT2D eigenvalue weighted by Gasteiger charge is 2.59. The summed E-state index contributed by atoms with van der Waals surface area (Å²) in [4.78, 5) is 12.7. The molecule has 1 heterocycles. The first-order valence-corrected chi connectivity index (χ1v) is 20.6. The SMILES string of the molecule is CC(C)CCC[C@@H](C)[C@H]1CC[C@H]2[C@@H]3CC=C4C[C@@H](OC(=O)NCCOc5ccc(-c6nnc(S(C)(=O)=O)o6)cc5)CC[C@]4(C)C3CC[C@]12C. The second kappa shape index (κ2) is 14.4. The van der Waals surface area contributed by atoms with Crippen molar-refractivity contribution in [3.8, 4) is 17.2 Å². The first kappa shape index (κ1) is 35.9. The second-order valence-electron chi connectivity index (χ2n) is 16.5. The van der Waals surface area contributed by atoms with Crippen LogP contribution in [-0.4, -0.2) is 50.2 Å². The van der Waals surface area contributed by atoms with E-state index >= 15 is 0 Å². The number of rotatable bonds is 12. The van der Waals surface area contributed by atoms with Crippen LogP contribution in [-0.2, 0) is 14.6 Å². The molecule has 0 saturated heterocycles. The van der Waals surface area contributed by atoms with Gasteiger partial charge in [0.1, 0.15) is 18.5 Å². The topological polar surface area (TPSA) is 121 Å². The van der Waals surface area contributed by atoms with Crippen molar-refractivity contribution in [2.24, 2.45) is 46.3 Å². The van der Waals surface area contributed by atoms with Crippen LogP contribution in [0.15, 0.2) is 45.6 Å². The maximum atomic E-state index is 12.7. The molecule has 6 rings (SSSR count). The Kier molecular flexibility index (Phi) is 10.6. The standard InChI is InChI=1S/C39H57N3O6S/c1-25(2)8-7-9-26(3)32-16-17-33-31-15-12-28-24-30(18-20-38(28,4)34(31)19-21-39(32,33)5)47-36(43)40-22-23-46-29-13-10-27(11-14-29)35-41-42-37(48-35)49(6,44)45/h10-14,25-26,30-34H,7-9,15-24H2,1-6H3,(H,40,43)/t26-,30+,31+,32-,33+,34?,38+,39-/m1/s1. The number of allylic oxidation sites excluding steroid dienone is 1. The molecule has 3 saturated carbocycles. The molecule has 1 amide bonds. The number of sulfone groups is 1. The van der Waals surface area contributed by atoms with Crippen LogP contribution in [0.4, 0.5) is 4.79 Å². The molecule has 1 N–H and O–H groups in total. The molecule has 3 fully saturated rings. The minimum Gasteiger partial charge on any atom is -0.492 e. The van der Waals surface area contributed by atoms with Gasteiger partial charge >= 0.3 is 11.3 Å². The van der Waals surface area contributed by atoms with Crippen molar-refractivity contribution in [3.63, 3.8) is 0 Å². The van der Waals surface area contributed by atoms with Gasteiger partial charge in [-0.25, -0.2) is 13.2 Å². The van der Waals surface area contributed by atoms with Crippen molar-refractivity contribution in [3.05, 3.63) is 35.9 Å². The van der Waals surface area contributed by atoms with Gasteiger partial charge < -0.3 is 19.2 Å². The summed E-state index contributed by atoms with van der Waals surface area (Å²) < 4.78 is 40.1. The number of alkyl carbamates (subject to hydrolysis) is 1. The highest BCUT2D eigenvalue weighted by atomic mass is 32.2. The third-order valence-corrected chi connectivity index (χ3v) is 13.8. The molecule has 270 valence electrons. The van der Waals surface area contributed by atoms with Gasteiger partial charge in [-0.1, -0.05) is 70.6 Å². The third-order valence-electron chi connectivity index (χ3n) is 13.0. The molecule has 8 atom stereocenters. The Morgan fingerprint density at radius 2 is 1.80 bits per heavy atom. The number of carbonyl (C=O) groups excluding carboxylic acids is 1. The summed E-state index contributed by atoms with van der Waals surface area (Å²) >= 11 is 0. The normalized spacial score (nSPS) is 31.7. The van der Waals surface area contributed by atoms with Crippen molar-refractivity contribution in [1.82, 2.24) is 15.5 Å². The van der Waals surface area contributed by atoms with Gasteiger partial charge in [0.15, 0.2) is 0 Å². The highest BCUT2D eigenvalue weighted by Crippen LogP contribution is 2.67. The summed E-state index contributed by atoms with van der Waals surface area (Å²) in [6.07, 6.45) is 16.8. The number of amides is 1. The van der Waals surface area contributed by atoms with E-state index in [1.165, 1.54) is 56.9 Å². The van der Waals surface area contributed by atoms with Crippen LogP contribution in [0.2, 0.25) is 0 Å². The van der Waals surface area contributed by atoms with Gasteiger partial charge in [-0.05, 0) is 116 Å². The summed E-state index contributed by atoms with van der Waals surface area (Å²) in [6, 6.07) is 6.88. The van der Waals surface area contributed by atoms with E-state index in [0.29, 0.717) is 23.3 Å². The zero-order valence-electron chi connectivity index (χ0n) is 30.4. The van der Waals surface area contributed by atoms with Crippen LogP contribution in [0.25, 0.3) is 11.5 Å². The van der Waals surface area contributed by atoms with Crippen molar-refractivity contribution in [1.29, 1.82) is 0 Å². The molecule has 1 unspecified atom stereocenters. The lowest BCUT2D eigenvalue weighted by molar-refractivity contribution is -0.0581. The Bertz CT molecular complexity index is 1600. The lowest BCUT2D eigenvalue weighted by Crippen LogP contribution is -2.51. The molecule has 0 spiro atoms. The van der Waals surface area contributed by atoms with Crippen molar-refractivity contribution < 1.29 is 27.1 Å². The molecule has 0 bridgehead atoms. The first-order valence-electron chi connectivity index (χ1n) is 18.7. The number of hydrogen-bond donors (Lipinski definition) is 1. The smallest absolute Gasteiger partial charge is 0.407 e. The third kappa shape index (κ3) is 7.59. The number of nitrogens with one attached hydrogen (secondary N) is 1. The quantitative estimate of drug-likeness (QED) is 0.173. The van der Waals surface area contributed by atoms with Gasteiger partial charge in [0, 0.05) is 18.2 Å². The molecule has 0 aliphatic heterocycles. The number of hydrogen-bond acceptors (Lipinski definition) is 8. The highest BCUT2D eigenvalue weighted by molar-refractivity contribution is 7.90. The molecule has 49 heavy (non-hydrogen) atoms. The van der Waals surface area contributed by atoms with E-state index in [-0.39, 0.29) is 24.0 Å². The average molecular weight is 696 g/mol. The zero-order valence-corrected chi connectivity index (χ0v) is 31.2. The van der Waals surface area contributed by atoms with Crippen molar-refractivity contribution >= 4 is 15.9 Å². The van der Waals surface area contributed by atoms with Gasteiger partial charge in [0.2, 0.25) is 15.7 Å². The fraction of sp³-hybridized carbons (Fsp3) is 0.718. The molecule has 0 radical (unpaired) electrons. The number of aromatic nitrogens is 2. The lowest BCUT2D eigenvalue weighted by Gasteiger charge is -2.58. The molecule has 1 aromatic carbocycles. The van der Waals surface area contributed by atoms with E-state index in [4.69, 9.17) is 13.9 Å². The fourth-order valence-corrected chi connectivity index (χ4v) is 10.9. The minimum absolute atomic E-state index is 0.0892. The van der Waals surface area contributed by atoms with Gasteiger partial charge in [-0.15, -0.1) is 5.10 Å². The predicted molar refractivity (Wildman–Crippen MR) is 190 cm³/mol. The summed E-state index contributed by atoms with van der Waals surface area (Å²) in [5, 5.41) is 9.81. The number of fused-ring (bicyclic) bond motifs is 5. The molecule has 9 nitrogen and oxygen atoms in total. The molecule has 10 heteroatoms. The fourth-order valence-electron chi connectivity index (χ4n) is 10.4. The minimum atomic E-state index is -3.57. The molecular weight excluding hydrogens is 639 g/mol. The zero-order chi connectivity index (χ0) is 35.0. The Labute approximate surface area is 293 Å². The van der Waals surface area contributed by atoms with Crippen LogP contribution in [0.5, 0.6) is 5.75 Å². The molecule has 4 aliphatic rings. The molecule has 4 aliphatic carbocycles. The Morgan fingerprint density at radius 1 is 1.02 bits per heavy atom. The monoisotopic (exact) mass is 695 g/mol. The number of nitrogens with zero attached hydrogens (tertiary/aromatic N) is 2. The van der Waals surface area contributed by atoms with Crippen LogP contribution in [0, 0.1) is 46.3 Å². The van der Waals surface area contributed by atoms with Crippen molar-refractivity contribution in [2.75, 3.05) is 19.4 Å². The summed E-state index contributed by atoms with van der Waals surface area (Å²) in [5.74, 6) is 5.61. The second-order valence-corrected chi connectivity index (χ2v) is 18.4. The van der Waals surface area contributed by atoms with Gasteiger partial charge in [0.05, 0.1) is 6.54 Å². The van der Waals surface area contributed by atoms with E-state index < -0.39 is 21.2 Å². The van der Waals surface area contributed by atoms with E-state index in [2.05, 4.69) is 56.2 Å². The Hall–Kier alpha value is -2.88. The van der Waals surface area contributed by atoms with Crippen LogP contribution in [0.3, 0.4) is 0 Å². The summed E-state index contributed by atoms with van der Waals surface area (Å²) in [7, 11) is -3.57. The van der Waals surface area contributed by atoms with E-state index in [9.17, 15) is 13.2 Å². The number of carbonyl (C=O) groups is 1. The summed E-state index contributed by atoms with van der Waals surface area (Å²) in [5.41, 5.74) is 2.82. The molecular formula is C39H57N3O6S. The lowest BCUT2D eigenvalue weighted by atomic mass is 9.47.